The zero-order valence-corrected chi connectivity index (χ0v) is 13.6. The maximum Gasteiger partial charge on any atom is 0.252 e. The van der Waals surface area contributed by atoms with E-state index in [4.69, 9.17) is 23.2 Å². The molecule has 0 heterocycles. The molecule has 0 spiro atoms. The molecule has 0 saturated heterocycles. The van der Waals surface area contributed by atoms with E-state index in [2.05, 4.69) is 21.2 Å². The second-order valence-corrected chi connectivity index (χ2v) is 6.35. The number of benzene rings is 1. The molecular formula is C14H16BrCl2NO. The monoisotopic (exact) mass is 363 g/mol. The molecular weight excluding hydrogens is 349 g/mol. The van der Waals surface area contributed by atoms with Crippen molar-refractivity contribution in [3.8, 4) is 0 Å². The van der Waals surface area contributed by atoms with Gasteiger partial charge in [-0.05, 0) is 36.8 Å². The molecule has 1 aliphatic carbocycles. The fourth-order valence-electron chi connectivity index (χ4n) is 2.58. The Morgan fingerprint density at radius 2 is 2.05 bits per heavy atom. The number of hydrogen-bond acceptors (Lipinski definition) is 1. The summed E-state index contributed by atoms with van der Waals surface area (Å²) in [6.07, 6.45) is 3.66. The largest absolute Gasteiger partial charge is 0.352 e. The smallest absolute Gasteiger partial charge is 0.252 e. The zero-order valence-electron chi connectivity index (χ0n) is 10.5. The predicted molar refractivity (Wildman–Crippen MR) is 83.4 cm³/mol. The fourth-order valence-corrected chi connectivity index (χ4v) is 3.82. The van der Waals surface area contributed by atoms with E-state index in [1.807, 2.05) is 0 Å². The highest BCUT2D eigenvalue weighted by Gasteiger charge is 2.26. The van der Waals surface area contributed by atoms with Gasteiger partial charge in [0.1, 0.15) is 0 Å². The normalized spacial score (nSPS) is 22.5. The molecule has 1 fully saturated rings. The number of alkyl halides is 1. The van der Waals surface area contributed by atoms with E-state index in [0.717, 1.165) is 5.33 Å². The molecule has 19 heavy (non-hydrogen) atoms. The third-order valence-corrected chi connectivity index (χ3v) is 5.39. The van der Waals surface area contributed by atoms with Crippen LogP contribution in [0.25, 0.3) is 0 Å². The Kier molecular flexibility index (Phi) is 5.55. The van der Waals surface area contributed by atoms with E-state index < -0.39 is 0 Å². The van der Waals surface area contributed by atoms with Gasteiger partial charge in [-0.25, -0.2) is 0 Å². The van der Waals surface area contributed by atoms with Crippen LogP contribution in [0.4, 0.5) is 0 Å². The van der Waals surface area contributed by atoms with Gasteiger partial charge in [0.15, 0.2) is 0 Å². The van der Waals surface area contributed by atoms with Crippen LogP contribution in [0.15, 0.2) is 18.2 Å². The minimum atomic E-state index is -0.146. The highest BCUT2D eigenvalue weighted by atomic mass is 79.9. The number of carbonyl (C=O) groups excluding carboxylic acids is 1. The summed E-state index contributed by atoms with van der Waals surface area (Å²) < 4.78 is 0. The van der Waals surface area contributed by atoms with Gasteiger partial charge in [-0.3, -0.25) is 4.79 Å². The van der Waals surface area contributed by atoms with Crippen molar-refractivity contribution in [1.82, 2.24) is 5.32 Å². The number of nitrogens with one attached hydrogen (secondary N) is 1. The third kappa shape index (κ3) is 3.65. The lowest BCUT2D eigenvalue weighted by molar-refractivity contribution is 0.0945. The first-order chi connectivity index (χ1) is 9.13. The molecule has 1 aromatic carbocycles. The molecule has 0 aromatic heterocycles. The van der Waals surface area contributed by atoms with Crippen LogP contribution in [0.1, 0.15) is 29.6 Å². The number of halogens is 3. The van der Waals surface area contributed by atoms with Crippen molar-refractivity contribution >= 4 is 45.0 Å². The minimum Gasteiger partial charge on any atom is -0.352 e. The molecule has 2 atom stereocenters. The van der Waals surface area contributed by atoms with Crippen LogP contribution in [0, 0.1) is 11.8 Å². The SMILES string of the molecule is O=C(NCC1CCCC1CBr)c1cccc(Cl)c1Cl. The molecule has 0 radical (unpaired) electrons. The van der Waals surface area contributed by atoms with E-state index in [0.29, 0.717) is 34.0 Å². The number of amides is 1. The molecule has 1 saturated carbocycles. The topological polar surface area (TPSA) is 29.1 Å². The number of rotatable bonds is 4. The van der Waals surface area contributed by atoms with Crippen molar-refractivity contribution in [2.75, 3.05) is 11.9 Å². The highest BCUT2D eigenvalue weighted by molar-refractivity contribution is 9.09. The summed E-state index contributed by atoms with van der Waals surface area (Å²) in [6.45, 7) is 0.706. The average molecular weight is 365 g/mol. The summed E-state index contributed by atoms with van der Waals surface area (Å²) in [5.41, 5.74) is 0.447. The van der Waals surface area contributed by atoms with E-state index in [1.165, 1.54) is 19.3 Å². The lowest BCUT2D eigenvalue weighted by Gasteiger charge is -2.18. The van der Waals surface area contributed by atoms with Gasteiger partial charge in [-0.2, -0.15) is 0 Å². The standard InChI is InChI=1S/C14H16BrCl2NO/c15-7-9-3-1-4-10(9)8-18-14(19)11-5-2-6-12(16)13(11)17/h2,5-6,9-10H,1,3-4,7-8H2,(H,18,19). The van der Waals surface area contributed by atoms with Gasteiger partial charge in [-0.1, -0.05) is 51.6 Å². The molecule has 1 aliphatic rings. The van der Waals surface area contributed by atoms with Crippen LogP contribution in [0.2, 0.25) is 10.0 Å². The molecule has 1 amide bonds. The first kappa shape index (κ1) is 15.1. The number of carbonyl (C=O) groups is 1. The number of hydrogen-bond donors (Lipinski definition) is 1. The van der Waals surface area contributed by atoms with Crippen molar-refractivity contribution in [3.05, 3.63) is 33.8 Å². The molecule has 2 nitrogen and oxygen atoms in total. The molecule has 5 heteroatoms. The zero-order chi connectivity index (χ0) is 13.8. The van der Waals surface area contributed by atoms with Gasteiger partial charge in [0.25, 0.3) is 5.91 Å². The van der Waals surface area contributed by atoms with Crippen molar-refractivity contribution < 1.29 is 4.79 Å². The first-order valence-corrected chi connectivity index (χ1v) is 8.29. The van der Waals surface area contributed by atoms with Gasteiger partial charge in [0.05, 0.1) is 15.6 Å². The summed E-state index contributed by atoms with van der Waals surface area (Å²) in [6, 6.07) is 5.11. The Bertz CT molecular complexity index is 467. The van der Waals surface area contributed by atoms with Crippen LogP contribution in [0.3, 0.4) is 0 Å². The lowest BCUT2D eigenvalue weighted by atomic mass is 9.98. The Labute approximate surface area is 132 Å². The molecule has 0 aliphatic heterocycles. The van der Waals surface area contributed by atoms with E-state index in [9.17, 15) is 4.79 Å². The summed E-state index contributed by atoms with van der Waals surface area (Å²) in [7, 11) is 0. The average Bonchev–Trinajstić information content (AvgIpc) is 2.86. The fraction of sp³-hybridized carbons (Fsp3) is 0.500. The van der Waals surface area contributed by atoms with Crippen LogP contribution < -0.4 is 5.32 Å². The summed E-state index contributed by atoms with van der Waals surface area (Å²) >= 11 is 15.5. The van der Waals surface area contributed by atoms with Crippen LogP contribution in [-0.2, 0) is 0 Å². The summed E-state index contributed by atoms with van der Waals surface area (Å²) in [5.74, 6) is 1.07. The lowest BCUT2D eigenvalue weighted by Crippen LogP contribution is -2.31. The van der Waals surface area contributed by atoms with Crippen molar-refractivity contribution in [2.45, 2.75) is 19.3 Å². The van der Waals surface area contributed by atoms with Crippen molar-refractivity contribution in [2.24, 2.45) is 11.8 Å². The Balaban J connectivity index is 1.96. The Hall–Kier alpha value is -0.250. The predicted octanol–water partition coefficient (Wildman–Crippen LogP) is 4.53. The van der Waals surface area contributed by atoms with Gasteiger partial charge in [0.2, 0.25) is 0 Å². The maximum atomic E-state index is 12.1. The van der Waals surface area contributed by atoms with E-state index >= 15 is 0 Å². The van der Waals surface area contributed by atoms with Crippen LogP contribution in [-0.4, -0.2) is 17.8 Å². The summed E-state index contributed by atoms with van der Waals surface area (Å²) in [4.78, 5) is 12.1. The quantitative estimate of drug-likeness (QED) is 0.781. The second-order valence-electron chi connectivity index (χ2n) is 4.92. The van der Waals surface area contributed by atoms with Crippen LogP contribution in [0.5, 0.6) is 0 Å². The van der Waals surface area contributed by atoms with Gasteiger partial charge in [0, 0.05) is 11.9 Å². The first-order valence-electron chi connectivity index (χ1n) is 6.41. The second kappa shape index (κ2) is 6.96. The van der Waals surface area contributed by atoms with Crippen molar-refractivity contribution in [1.29, 1.82) is 0 Å². The minimum absolute atomic E-state index is 0.146. The Morgan fingerprint density at radius 1 is 1.32 bits per heavy atom. The molecule has 0 bridgehead atoms. The third-order valence-electron chi connectivity index (χ3n) is 3.74. The van der Waals surface area contributed by atoms with Gasteiger partial charge >= 0.3 is 0 Å². The van der Waals surface area contributed by atoms with E-state index in [-0.39, 0.29) is 5.91 Å². The van der Waals surface area contributed by atoms with Gasteiger partial charge in [-0.15, -0.1) is 0 Å². The maximum absolute atomic E-state index is 12.1. The van der Waals surface area contributed by atoms with E-state index in [1.54, 1.807) is 18.2 Å². The molecule has 2 rings (SSSR count). The molecule has 1 aromatic rings. The van der Waals surface area contributed by atoms with Crippen molar-refractivity contribution in [3.63, 3.8) is 0 Å². The van der Waals surface area contributed by atoms with Gasteiger partial charge < -0.3 is 5.32 Å². The molecule has 2 unspecified atom stereocenters. The molecule has 104 valence electrons. The van der Waals surface area contributed by atoms with Crippen LogP contribution >= 0.6 is 39.1 Å². The Morgan fingerprint density at radius 3 is 2.79 bits per heavy atom. The highest BCUT2D eigenvalue weighted by Crippen LogP contribution is 2.32. The molecule has 1 N–H and O–H groups in total. The summed E-state index contributed by atoms with van der Waals surface area (Å²) in [5, 5.41) is 4.71.